The summed E-state index contributed by atoms with van der Waals surface area (Å²) in [6.07, 6.45) is 2.01. The first-order valence-corrected chi connectivity index (χ1v) is 5.60. The van der Waals surface area contributed by atoms with Gasteiger partial charge in [0, 0.05) is 24.4 Å². The molecule has 1 aromatic carbocycles. The number of hydrogen-bond donors (Lipinski definition) is 1. The fourth-order valence-corrected chi connectivity index (χ4v) is 1.27. The number of nitrogens with two attached hydrogens (primary N) is 1. The van der Waals surface area contributed by atoms with Crippen molar-refractivity contribution in [3.63, 3.8) is 0 Å². The van der Waals surface area contributed by atoms with Gasteiger partial charge in [-0.05, 0) is 6.42 Å². The molecule has 5 heteroatoms. The summed E-state index contributed by atoms with van der Waals surface area (Å²) < 4.78 is 36.7. The molecule has 0 atom stereocenters. The third-order valence-corrected chi connectivity index (χ3v) is 2.14. The van der Waals surface area contributed by atoms with Gasteiger partial charge in [0.15, 0.2) is 17.4 Å². The van der Waals surface area contributed by atoms with Gasteiger partial charge >= 0.3 is 0 Å². The molecule has 96 valence electrons. The summed E-state index contributed by atoms with van der Waals surface area (Å²) in [7, 11) is 0. The maximum absolute atomic E-state index is 13.3. The highest BCUT2D eigenvalue weighted by atomic mass is 19.1. The minimum absolute atomic E-state index is 0.0338. The number of halogens is 2. The fraction of sp³-hybridized carbons (Fsp3) is 0.500. The third-order valence-electron chi connectivity index (χ3n) is 2.14. The molecule has 0 bridgehead atoms. The average molecular weight is 245 g/mol. The smallest absolute Gasteiger partial charge is 0.190 e. The van der Waals surface area contributed by atoms with E-state index in [9.17, 15) is 8.78 Å². The largest absolute Gasteiger partial charge is 0.485 e. The fourth-order valence-electron chi connectivity index (χ4n) is 1.27. The molecular formula is C12H17F2NO2. The Labute approximate surface area is 99.5 Å². The van der Waals surface area contributed by atoms with Crippen LogP contribution >= 0.6 is 0 Å². The van der Waals surface area contributed by atoms with Crippen LogP contribution in [0.5, 0.6) is 5.75 Å². The molecule has 1 aromatic rings. The number of rotatable bonds is 7. The second-order valence-corrected chi connectivity index (χ2v) is 3.63. The molecule has 3 nitrogen and oxygen atoms in total. The van der Waals surface area contributed by atoms with Crippen molar-refractivity contribution < 1.29 is 18.3 Å². The average Bonchev–Trinajstić information content (AvgIpc) is 2.26. The topological polar surface area (TPSA) is 44.5 Å². The first-order valence-electron chi connectivity index (χ1n) is 5.60. The second-order valence-electron chi connectivity index (χ2n) is 3.63. The number of unbranched alkanes of at least 4 members (excludes halogenated alkanes) is 1. The van der Waals surface area contributed by atoms with Gasteiger partial charge in [0.25, 0.3) is 0 Å². The van der Waals surface area contributed by atoms with E-state index in [1.165, 1.54) is 0 Å². The Hall–Kier alpha value is -1.36. The molecule has 1 rings (SSSR count). The maximum Gasteiger partial charge on any atom is 0.190 e. The number of hydrogen-bond acceptors (Lipinski definition) is 3. The van der Waals surface area contributed by atoms with Crippen molar-refractivity contribution in [2.45, 2.75) is 19.8 Å². The molecule has 0 aliphatic carbocycles. The first kappa shape index (κ1) is 13.7. The zero-order valence-electron chi connectivity index (χ0n) is 9.84. The normalized spacial score (nSPS) is 10.5. The van der Waals surface area contributed by atoms with Crippen LogP contribution in [0.4, 0.5) is 14.5 Å². The van der Waals surface area contributed by atoms with Gasteiger partial charge in [0.2, 0.25) is 0 Å². The van der Waals surface area contributed by atoms with Crippen molar-refractivity contribution in [2.24, 2.45) is 0 Å². The van der Waals surface area contributed by atoms with E-state index in [4.69, 9.17) is 15.2 Å². The lowest BCUT2D eigenvalue weighted by atomic mass is 10.3. The molecule has 0 fully saturated rings. The van der Waals surface area contributed by atoms with Gasteiger partial charge in [0.05, 0.1) is 6.61 Å². The summed E-state index contributed by atoms with van der Waals surface area (Å²) in [4.78, 5) is 0. The molecule has 0 unspecified atom stereocenters. The van der Waals surface area contributed by atoms with Crippen LogP contribution in [-0.2, 0) is 4.74 Å². The summed E-state index contributed by atoms with van der Waals surface area (Å²) in [5.41, 5.74) is 5.31. The van der Waals surface area contributed by atoms with E-state index in [1.54, 1.807) is 0 Å². The zero-order valence-corrected chi connectivity index (χ0v) is 9.84. The van der Waals surface area contributed by atoms with E-state index in [-0.39, 0.29) is 12.3 Å². The van der Waals surface area contributed by atoms with Crippen LogP contribution in [0.2, 0.25) is 0 Å². The minimum Gasteiger partial charge on any atom is -0.485 e. The van der Waals surface area contributed by atoms with Crippen LogP contribution in [-0.4, -0.2) is 19.8 Å². The minimum atomic E-state index is -0.795. The Bertz CT molecular complexity index is 335. The van der Waals surface area contributed by atoms with Gasteiger partial charge in [-0.1, -0.05) is 13.3 Å². The second kappa shape index (κ2) is 7.06. The summed E-state index contributed by atoms with van der Waals surface area (Å²) in [6.45, 7) is 3.11. The van der Waals surface area contributed by atoms with Crippen molar-refractivity contribution in [2.75, 3.05) is 25.6 Å². The van der Waals surface area contributed by atoms with Gasteiger partial charge in [0.1, 0.15) is 6.61 Å². The Kier molecular flexibility index (Phi) is 5.69. The molecule has 0 saturated heterocycles. The highest BCUT2D eigenvalue weighted by Crippen LogP contribution is 2.24. The number of benzene rings is 1. The van der Waals surface area contributed by atoms with Gasteiger partial charge in [-0.15, -0.1) is 0 Å². The lowest BCUT2D eigenvalue weighted by Gasteiger charge is -2.09. The van der Waals surface area contributed by atoms with E-state index < -0.39 is 17.4 Å². The van der Waals surface area contributed by atoms with Gasteiger partial charge in [-0.3, -0.25) is 0 Å². The SMILES string of the molecule is CCCCOCCOc1c(F)cc(N)cc1F. The summed E-state index contributed by atoms with van der Waals surface area (Å²) in [6, 6.07) is 2.05. The molecule has 2 N–H and O–H groups in total. The van der Waals surface area contributed by atoms with E-state index in [1.807, 2.05) is 0 Å². The predicted molar refractivity (Wildman–Crippen MR) is 62.0 cm³/mol. The molecule has 0 heterocycles. The highest BCUT2D eigenvalue weighted by molar-refractivity contribution is 5.44. The molecule has 0 radical (unpaired) electrons. The summed E-state index contributed by atoms with van der Waals surface area (Å²) >= 11 is 0. The predicted octanol–water partition coefficient (Wildman–Crippen LogP) is 2.74. The van der Waals surface area contributed by atoms with Gasteiger partial charge in [-0.25, -0.2) is 8.78 Å². The van der Waals surface area contributed by atoms with Crippen LogP contribution in [0.1, 0.15) is 19.8 Å². The summed E-state index contributed by atoms with van der Waals surface area (Å²) in [5, 5.41) is 0. The van der Waals surface area contributed by atoms with Crippen molar-refractivity contribution in [1.82, 2.24) is 0 Å². The van der Waals surface area contributed by atoms with Crippen LogP contribution in [0.25, 0.3) is 0 Å². The van der Waals surface area contributed by atoms with Crippen molar-refractivity contribution in [3.05, 3.63) is 23.8 Å². The third kappa shape index (κ3) is 4.56. The lowest BCUT2D eigenvalue weighted by Crippen LogP contribution is -2.09. The number of nitrogen functional groups attached to an aromatic ring is 1. The van der Waals surface area contributed by atoms with Crippen molar-refractivity contribution in [3.8, 4) is 5.75 Å². The van der Waals surface area contributed by atoms with E-state index in [0.717, 1.165) is 25.0 Å². The van der Waals surface area contributed by atoms with E-state index >= 15 is 0 Å². The van der Waals surface area contributed by atoms with Crippen LogP contribution in [0, 0.1) is 11.6 Å². The van der Waals surface area contributed by atoms with Crippen LogP contribution in [0.15, 0.2) is 12.1 Å². The first-order chi connectivity index (χ1) is 8.15. The monoisotopic (exact) mass is 245 g/mol. The molecule has 0 amide bonds. The van der Waals surface area contributed by atoms with E-state index in [0.29, 0.717) is 13.2 Å². The molecule has 0 spiro atoms. The standard InChI is InChI=1S/C12H17F2NO2/c1-2-3-4-16-5-6-17-12-10(13)7-9(15)8-11(12)14/h7-8H,2-6,15H2,1H3. The molecule has 0 aliphatic rings. The van der Waals surface area contributed by atoms with E-state index in [2.05, 4.69) is 6.92 Å². The number of ether oxygens (including phenoxy) is 2. The molecular weight excluding hydrogens is 228 g/mol. The molecule has 0 saturated carbocycles. The Balaban J connectivity index is 2.36. The van der Waals surface area contributed by atoms with Gasteiger partial charge < -0.3 is 15.2 Å². The maximum atomic E-state index is 13.3. The molecule has 17 heavy (non-hydrogen) atoms. The Morgan fingerprint density at radius 1 is 1.12 bits per heavy atom. The number of anilines is 1. The van der Waals surface area contributed by atoms with Gasteiger partial charge in [-0.2, -0.15) is 0 Å². The highest BCUT2D eigenvalue weighted by Gasteiger charge is 2.11. The van der Waals surface area contributed by atoms with Crippen molar-refractivity contribution >= 4 is 5.69 Å². The molecule has 0 aliphatic heterocycles. The zero-order chi connectivity index (χ0) is 12.7. The Morgan fingerprint density at radius 3 is 2.35 bits per heavy atom. The van der Waals surface area contributed by atoms with Crippen molar-refractivity contribution in [1.29, 1.82) is 0 Å². The van der Waals surface area contributed by atoms with Crippen LogP contribution in [0.3, 0.4) is 0 Å². The quantitative estimate of drug-likeness (QED) is 0.593. The summed E-state index contributed by atoms with van der Waals surface area (Å²) in [5.74, 6) is -1.99. The molecule has 0 aromatic heterocycles. The Morgan fingerprint density at radius 2 is 1.76 bits per heavy atom. The lowest BCUT2D eigenvalue weighted by molar-refractivity contribution is 0.0951. The van der Waals surface area contributed by atoms with Crippen LogP contribution < -0.4 is 10.5 Å².